The number of hydrogen-bond acceptors (Lipinski definition) is 6. The Morgan fingerprint density at radius 1 is 1.18 bits per heavy atom. The summed E-state index contributed by atoms with van der Waals surface area (Å²) in [5.74, 6) is 0.167. The fourth-order valence-corrected chi connectivity index (χ4v) is 4.32. The number of anilines is 1. The van der Waals surface area contributed by atoms with E-state index in [1.165, 1.54) is 16.7 Å². The standard InChI is InChI=1S/C21H23NO5S/c1-3-27-20(24)12-22-17-10-15(13-23)6-9-18(17)28-19(21(22)25)11-14-4-7-16(26-2)8-5-14/h4-10,19,23H,3,11-13H2,1-2H3. The van der Waals surface area contributed by atoms with Crippen molar-refractivity contribution in [2.75, 3.05) is 25.2 Å². The highest BCUT2D eigenvalue weighted by atomic mass is 32.2. The van der Waals surface area contributed by atoms with Gasteiger partial charge in [-0.15, -0.1) is 11.8 Å². The van der Waals surface area contributed by atoms with Crippen molar-refractivity contribution in [3.63, 3.8) is 0 Å². The number of carbonyl (C=O) groups excluding carboxylic acids is 2. The first-order valence-corrected chi connectivity index (χ1v) is 9.94. The normalized spacial score (nSPS) is 15.9. The molecule has 7 heteroatoms. The lowest BCUT2D eigenvalue weighted by atomic mass is 10.1. The number of benzene rings is 2. The summed E-state index contributed by atoms with van der Waals surface area (Å²) < 4.78 is 10.2. The fourth-order valence-electron chi connectivity index (χ4n) is 3.07. The molecule has 3 rings (SSSR count). The van der Waals surface area contributed by atoms with Gasteiger partial charge in [0.2, 0.25) is 5.91 Å². The molecule has 0 aliphatic carbocycles. The smallest absolute Gasteiger partial charge is 0.326 e. The van der Waals surface area contributed by atoms with Gasteiger partial charge < -0.3 is 14.6 Å². The molecule has 1 amide bonds. The van der Waals surface area contributed by atoms with Gasteiger partial charge in [0, 0.05) is 4.90 Å². The van der Waals surface area contributed by atoms with Crippen LogP contribution in [-0.2, 0) is 27.4 Å². The van der Waals surface area contributed by atoms with Crippen molar-refractivity contribution in [2.24, 2.45) is 0 Å². The summed E-state index contributed by atoms with van der Waals surface area (Å²) in [6, 6.07) is 13.1. The average molecular weight is 401 g/mol. The Morgan fingerprint density at radius 2 is 1.89 bits per heavy atom. The Labute approximate surface area is 168 Å². The molecule has 148 valence electrons. The summed E-state index contributed by atoms with van der Waals surface area (Å²) in [5.41, 5.74) is 2.34. The SMILES string of the molecule is CCOC(=O)CN1C(=O)C(Cc2ccc(OC)cc2)Sc2ccc(CO)cc21. The van der Waals surface area contributed by atoms with E-state index in [1.54, 1.807) is 20.1 Å². The summed E-state index contributed by atoms with van der Waals surface area (Å²) >= 11 is 1.48. The molecular weight excluding hydrogens is 378 g/mol. The molecule has 0 saturated carbocycles. The van der Waals surface area contributed by atoms with Crippen molar-refractivity contribution in [1.82, 2.24) is 0 Å². The monoisotopic (exact) mass is 401 g/mol. The molecule has 2 aromatic carbocycles. The Balaban J connectivity index is 1.88. The summed E-state index contributed by atoms with van der Waals surface area (Å²) in [6.07, 6.45) is 0.536. The van der Waals surface area contributed by atoms with Crippen LogP contribution in [0.3, 0.4) is 0 Å². The Bertz CT molecular complexity index is 852. The maximum atomic E-state index is 13.2. The molecule has 0 aromatic heterocycles. The van der Waals surface area contributed by atoms with Crippen molar-refractivity contribution >= 4 is 29.3 Å². The molecule has 1 unspecified atom stereocenters. The zero-order chi connectivity index (χ0) is 20.1. The second kappa shape index (κ2) is 9.12. The van der Waals surface area contributed by atoms with E-state index in [-0.39, 0.29) is 30.9 Å². The van der Waals surface area contributed by atoms with Crippen molar-refractivity contribution in [3.05, 3.63) is 53.6 Å². The molecule has 0 bridgehead atoms. The van der Waals surface area contributed by atoms with Crippen LogP contribution in [0.25, 0.3) is 0 Å². The minimum Gasteiger partial charge on any atom is -0.497 e. The third-order valence-electron chi connectivity index (χ3n) is 4.48. The largest absolute Gasteiger partial charge is 0.497 e. The van der Waals surface area contributed by atoms with E-state index in [9.17, 15) is 14.7 Å². The van der Waals surface area contributed by atoms with Gasteiger partial charge in [-0.25, -0.2) is 0 Å². The van der Waals surface area contributed by atoms with Crippen molar-refractivity contribution in [1.29, 1.82) is 0 Å². The van der Waals surface area contributed by atoms with Crippen LogP contribution in [0, 0.1) is 0 Å². The van der Waals surface area contributed by atoms with Crippen LogP contribution in [0.2, 0.25) is 0 Å². The molecule has 1 heterocycles. The van der Waals surface area contributed by atoms with Crippen LogP contribution in [0.4, 0.5) is 5.69 Å². The highest BCUT2D eigenvalue weighted by Crippen LogP contribution is 2.41. The van der Waals surface area contributed by atoms with Gasteiger partial charge in [-0.3, -0.25) is 14.5 Å². The van der Waals surface area contributed by atoms with Gasteiger partial charge in [-0.05, 0) is 48.7 Å². The van der Waals surface area contributed by atoms with Crippen LogP contribution in [0.5, 0.6) is 5.75 Å². The van der Waals surface area contributed by atoms with Crippen LogP contribution >= 0.6 is 11.8 Å². The van der Waals surface area contributed by atoms with Gasteiger partial charge in [-0.1, -0.05) is 18.2 Å². The van der Waals surface area contributed by atoms with E-state index in [1.807, 2.05) is 36.4 Å². The van der Waals surface area contributed by atoms with Gasteiger partial charge in [0.15, 0.2) is 0 Å². The van der Waals surface area contributed by atoms with Crippen molar-refractivity contribution < 1.29 is 24.2 Å². The molecule has 0 saturated heterocycles. The van der Waals surface area contributed by atoms with E-state index in [0.29, 0.717) is 17.7 Å². The van der Waals surface area contributed by atoms with Crippen LogP contribution in [-0.4, -0.2) is 42.5 Å². The number of aliphatic hydroxyl groups excluding tert-OH is 1. The van der Waals surface area contributed by atoms with Gasteiger partial charge in [0.05, 0.1) is 31.3 Å². The van der Waals surface area contributed by atoms with Crippen molar-refractivity contribution in [3.8, 4) is 5.75 Å². The number of esters is 1. The zero-order valence-electron chi connectivity index (χ0n) is 15.9. The molecule has 1 aliphatic rings. The lowest BCUT2D eigenvalue weighted by Gasteiger charge is -2.33. The Hall–Kier alpha value is -2.51. The van der Waals surface area contributed by atoms with Gasteiger partial charge in [0.25, 0.3) is 0 Å². The number of aliphatic hydroxyl groups is 1. The molecule has 2 aromatic rings. The van der Waals surface area contributed by atoms with E-state index in [4.69, 9.17) is 9.47 Å². The first-order valence-electron chi connectivity index (χ1n) is 9.06. The van der Waals surface area contributed by atoms with Gasteiger partial charge >= 0.3 is 5.97 Å². The number of hydrogen-bond donors (Lipinski definition) is 1. The number of nitrogens with zero attached hydrogens (tertiary/aromatic N) is 1. The van der Waals surface area contributed by atoms with Crippen LogP contribution in [0.15, 0.2) is 47.4 Å². The van der Waals surface area contributed by atoms with Crippen molar-refractivity contribution in [2.45, 2.75) is 30.1 Å². The lowest BCUT2D eigenvalue weighted by molar-refractivity contribution is -0.142. The summed E-state index contributed by atoms with van der Waals surface area (Å²) in [4.78, 5) is 27.6. The number of ether oxygens (including phenoxy) is 2. The average Bonchev–Trinajstić information content (AvgIpc) is 2.71. The molecule has 6 nitrogen and oxygen atoms in total. The summed E-state index contributed by atoms with van der Waals surface area (Å²) in [5, 5.41) is 9.08. The molecular formula is C21H23NO5S. The topological polar surface area (TPSA) is 76.1 Å². The van der Waals surface area contributed by atoms with Crippen LogP contribution < -0.4 is 9.64 Å². The van der Waals surface area contributed by atoms with Gasteiger partial charge in [-0.2, -0.15) is 0 Å². The quantitative estimate of drug-likeness (QED) is 0.719. The van der Waals surface area contributed by atoms with Crippen LogP contribution in [0.1, 0.15) is 18.1 Å². The second-order valence-electron chi connectivity index (χ2n) is 6.35. The minimum atomic E-state index is -0.453. The van der Waals surface area contributed by atoms with E-state index < -0.39 is 5.97 Å². The number of thioether (sulfide) groups is 1. The predicted molar refractivity (Wildman–Crippen MR) is 108 cm³/mol. The summed E-state index contributed by atoms with van der Waals surface area (Å²) in [7, 11) is 1.61. The predicted octanol–water partition coefficient (Wildman–Crippen LogP) is 2.80. The number of carbonyl (C=O) groups is 2. The first kappa shape index (κ1) is 20.2. The van der Waals surface area contributed by atoms with E-state index in [0.717, 1.165) is 16.2 Å². The molecule has 0 fully saturated rings. The zero-order valence-corrected chi connectivity index (χ0v) is 16.7. The first-order chi connectivity index (χ1) is 13.5. The highest BCUT2D eigenvalue weighted by Gasteiger charge is 2.35. The molecule has 1 N–H and O–H groups in total. The number of amides is 1. The van der Waals surface area contributed by atoms with Gasteiger partial charge in [0.1, 0.15) is 12.3 Å². The Kier molecular flexibility index (Phi) is 6.59. The van der Waals surface area contributed by atoms with E-state index >= 15 is 0 Å². The molecule has 1 atom stereocenters. The maximum Gasteiger partial charge on any atom is 0.326 e. The minimum absolute atomic E-state index is 0.130. The third-order valence-corrected chi connectivity index (χ3v) is 5.73. The molecule has 0 spiro atoms. The number of methoxy groups -OCH3 is 1. The highest BCUT2D eigenvalue weighted by molar-refractivity contribution is 8.01. The molecule has 28 heavy (non-hydrogen) atoms. The third kappa shape index (κ3) is 4.48. The Morgan fingerprint density at radius 3 is 2.54 bits per heavy atom. The second-order valence-corrected chi connectivity index (χ2v) is 7.59. The maximum absolute atomic E-state index is 13.2. The molecule has 1 aliphatic heterocycles. The lowest BCUT2D eigenvalue weighted by Crippen LogP contribution is -2.45. The number of rotatable bonds is 7. The fraction of sp³-hybridized carbons (Fsp3) is 0.333. The molecule has 0 radical (unpaired) electrons. The number of fused-ring (bicyclic) bond motifs is 1. The summed E-state index contributed by atoms with van der Waals surface area (Å²) in [6.45, 7) is 1.72. The van der Waals surface area contributed by atoms with E-state index in [2.05, 4.69) is 0 Å².